The number of benzene rings is 1. The van der Waals surface area contributed by atoms with E-state index in [1.165, 1.54) is 19.2 Å². The highest BCUT2D eigenvalue weighted by atomic mass is 35.5. The van der Waals surface area contributed by atoms with Gasteiger partial charge < -0.3 is 15.8 Å². The van der Waals surface area contributed by atoms with Crippen LogP contribution in [0.2, 0.25) is 5.02 Å². The fourth-order valence-electron chi connectivity index (χ4n) is 1.45. The highest BCUT2D eigenvalue weighted by Crippen LogP contribution is 2.21. The summed E-state index contributed by atoms with van der Waals surface area (Å²) in [6.45, 7) is 1.84. The van der Waals surface area contributed by atoms with Gasteiger partial charge in [0.1, 0.15) is 0 Å². The monoisotopic (exact) mass is 284 g/mol. The highest BCUT2D eigenvalue weighted by molar-refractivity contribution is 6.33. The molecule has 1 atom stereocenters. The number of nitrogens with two attached hydrogens (primary N) is 1. The Hall–Kier alpha value is -1.59. The van der Waals surface area contributed by atoms with E-state index >= 15 is 0 Å². The van der Waals surface area contributed by atoms with Crippen molar-refractivity contribution in [1.29, 1.82) is 0 Å². The van der Waals surface area contributed by atoms with E-state index in [1.54, 1.807) is 6.07 Å². The van der Waals surface area contributed by atoms with Crippen LogP contribution in [0.5, 0.6) is 0 Å². The molecule has 0 aromatic heterocycles. The van der Waals surface area contributed by atoms with Crippen molar-refractivity contribution in [3.8, 4) is 0 Å². The third-order valence-electron chi connectivity index (χ3n) is 2.48. The van der Waals surface area contributed by atoms with E-state index in [4.69, 9.17) is 17.3 Å². The molecular weight excluding hydrogens is 268 g/mol. The van der Waals surface area contributed by atoms with Gasteiger partial charge in [-0.1, -0.05) is 11.6 Å². The molecule has 1 aromatic carbocycles. The standard InChI is InChI=1S/C13H17ClN2O3/c1-8(15)3-6-12(17)16-9-4-5-11(14)10(7-9)13(18)19-2/h4-5,7-8H,3,6,15H2,1-2H3,(H,16,17). The van der Waals surface area contributed by atoms with Gasteiger partial charge in [0.2, 0.25) is 5.91 Å². The first-order chi connectivity index (χ1) is 8.93. The molecule has 0 aliphatic heterocycles. The predicted molar refractivity (Wildman–Crippen MR) is 74.3 cm³/mol. The van der Waals surface area contributed by atoms with Crippen LogP contribution in [0.3, 0.4) is 0 Å². The van der Waals surface area contributed by atoms with Gasteiger partial charge in [-0.2, -0.15) is 0 Å². The molecule has 6 heteroatoms. The van der Waals surface area contributed by atoms with Gasteiger partial charge in [0.05, 0.1) is 17.7 Å². The summed E-state index contributed by atoms with van der Waals surface area (Å²) in [4.78, 5) is 23.1. The molecule has 1 unspecified atom stereocenters. The molecule has 0 aliphatic carbocycles. The zero-order chi connectivity index (χ0) is 14.4. The average Bonchev–Trinajstić information content (AvgIpc) is 2.37. The Morgan fingerprint density at radius 3 is 2.74 bits per heavy atom. The number of carbonyl (C=O) groups is 2. The van der Waals surface area contributed by atoms with Crippen LogP contribution in [0.4, 0.5) is 5.69 Å². The minimum atomic E-state index is -0.545. The van der Waals surface area contributed by atoms with Crippen LogP contribution in [0, 0.1) is 0 Å². The van der Waals surface area contributed by atoms with Crippen LogP contribution in [0.1, 0.15) is 30.1 Å². The van der Waals surface area contributed by atoms with E-state index in [0.717, 1.165) is 0 Å². The molecule has 0 radical (unpaired) electrons. The molecule has 1 amide bonds. The molecule has 0 aliphatic rings. The van der Waals surface area contributed by atoms with E-state index in [2.05, 4.69) is 10.1 Å². The summed E-state index contributed by atoms with van der Waals surface area (Å²) in [5.41, 5.74) is 6.29. The Morgan fingerprint density at radius 2 is 2.16 bits per heavy atom. The lowest BCUT2D eigenvalue weighted by Gasteiger charge is -2.09. The molecule has 1 aromatic rings. The first-order valence-electron chi connectivity index (χ1n) is 5.87. The predicted octanol–water partition coefficient (Wildman–Crippen LogP) is 2.19. The Balaban J connectivity index is 2.74. The highest BCUT2D eigenvalue weighted by Gasteiger charge is 2.12. The second-order valence-electron chi connectivity index (χ2n) is 4.25. The summed E-state index contributed by atoms with van der Waals surface area (Å²) < 4.78 is 4.60. The van der Waals surface area contributed by atoms with Gasteiger partial charge in [0.25, 0.3) is 0 Å². The molecule has 0 spiro atoms. The first kappa shape index (κ1) is 15.5. The van der Waals surface area contributed by atoms with Crippen molar-refractivity contribution >= 4 is 29.2 Å². The van der Waals surface area contributed by atoms with Gasteiger partial charge in [0, 0.05) is 18.2 Å². The van der Waals surface area contributed by atoms with Gasteiger partial charge in [-0.15, -0.1) is 0 Å². The molecule has 3 N–H and O–H groups in total. The normalized spacial score (nSPS) is 11.8. The van der Waals surface area contributed by atoms with E-state index in [0.29, 0.717) is 18.5 Å². The number of amides is 1. The number of anilines is 1. The minimum absolute atomic E-state index is 0.0263. The van der Waals surface area contributed by atoms with Crippen LogP contribution in [0.25, 0.3) is 0 Å². The number of nitrogens with one attached hydrogen (secondary N) is 1. The van der Waals surface area contributed by atoms with Crippen LogP contribution in [0.15, 0.2) is 18.2 Å². The van der Waals surface area contributed by atoms with E-state index in [9.17, 15) is 9.59 Å². The third-order valence-corrected chi connectivity index (χ3v) is 2.81. The van der Waals surface area contributed by atoms with Crippen molar-refractivity contribution in [2.75, 3.05) is 12.4 Å². The summed E-state index contributed by atoms with van der Waals surface area (Å²) in [7, 11) is 1.27. The fraction of sp³-hybridized carbons (Fsp3) is 0.385. The maximum Gasteiger partial charge on any atom is 0.339 e. The summed E-state index contributed by atoms with van der Waals surface area (Å²) in [6.07, 6.45) is 0.928. The fourth-order valence-corrected chi connectivity index (χ4v) is 1.65. The van der Waals surface area contributed by atoms with Crippen LogP contribution in [-0.4, -0.2) is 25.0 Å². The van der Waals surface area contributed by atoms with Crippen LogP contribution >= 0.6 is 11.6 Å². The molecule has 0 saturated heterocycles. The molecule has 104 valence electrons. The Kier molecular flexibility index (Phi) is 5.79. The maximum atomic E-state index is 11.6. The number of carbonyl (C=O) groups excluding carboxylic acids is 2. The Bertz CT molecular complexity index is 475. The number of methoxy groups -OCH3 is 1. The second kappa shape index (κ2) is 7.11. The van der Waals surface area contributed by atoms with Gasteiger partial charge in [-0.05, 0) is 31.5 Å². The molecular formula is C13H17ClN2O3. The van der Waals surface area contributed by atoms with Crippen LogP contribution in [-0.2, 0) is 9.53 Å². The molecule has 1 rings (SSSR count). The van der Waals surface area contributed by atoms with Gasteiger partial charge >= 0.3 is 5.97 Å². The second-order valence-corrected chi connectivity index (χ2v) is 4.66. The molecule has 0 heterocycles. The number of halogens is 1. The van der Waals surface area contributed by atoms with E-state index < -0.39 is 5.97 Å². The minimum Gasteiger partial charge on any atom is -0.465 e. The maximum absolute atomic E-state index is 11.6. The molecule has 0 bridgehead atoms. The van der Waals surface area contributed by atoms with Crippen molar-refractivity contribution in [3.63, 3.8) is 0 Å². The third kappa shape index (κ3) is 4.89. The van der Waals surface area contributed by atoms with Gasteiger partial charge in [-0.3, -0.25) is 4.79 Å². The summed E-state index contributed by atoms with van der Waals surface area (Å²) in [6, 6.07) is 4.62. The lowest BCUT2D eigenvalue weighted by Crippen LogP contribution is -2.19. The lowest BCUT2D eigenvalue weighted by atomic mass is 10.1. The molecule has 0 saturated carbocycles. The molecule has 5 nitrogen and oxygen atoms in total. The first-order valence-corrected chi connectivity index (χ1v) is 6.25. The van der Waals surface area contributed by atoms with Crippen LogP contribution < -0.4 is 11.1 Å². The van der Waals surface area contributed by atoms with Crippen molar-refractivity contribution in [2.45, 2.75) is 25.8 Å². The molecule has 0 fully saturated rings. The Morgan fingerprint density at radius 1 is 1.47 bits per heavy atom. The Labute approximate surface area is 117 Å². The quantitative estimate of drug-likeness (QED) is 0.812. The lowest BCUT2D eigenvalue weighted by molar-refractivity contribution is -0.116. The summed E-state index contributed by atoms with van der Waals surface area (Å²) in [5, 5.41) is 2.96. The van der Waals surface area contributed by atoms with E-state index in [1.807, 2.05) is 6.92 Å². The van der Waals surface area contributed by atoms with Gasteiger partial charge in [0.15, 0.2) is 0 Å². The number of ether oxygens (including phenoxy) is 1. The van der Waals surface area contributed by atoms with E-state index in [-0.39, 0.29) is 22.5 Å². The summed E-state index contributed by atoms with van der Waals surface area (Å²) in [5.74, 6) is -0.702. The van der Waals surface area contributed by atoms with Crippen molar-refractivity contribution in [2.24, 2.45) is 5.73 Å². The number of hydrogen-bond donors (Lipinski definition) is 2. The van der Waals surface area contributed by atoms with Crippen molar-refractivity contribution < 1.29 is 14.3 Å². The smallest absolute Gasteiger partial charge is 0.339 e. The topological polar surface area (TPSA) is 81.4 Å². The largest absolute Gasteiger partial charge is 0.465 e. The molecule has 19 heavy (non-hydrogen) atoms. The van der Waals surface area contributed by atoms with Crippen molar-refractivity contribution in [3.05, 3.63) is 28.8 Å². The average molecular weight is 285 g/mol. The number of hydrogen-bond acceptors (Lipinski definition) is 4. The van der Waals surface area contributed by atoms with Crippen molar-refractivity contribution in [1.82, 2.24) is 0 Å². The number of esters is 1. The number of rotatable bonds is 5. The summed E-state index contributed by atoms with van der Waals surface area (Å²) >= 11 is 5.88. The zero-order valence-electron chi connectivity index (χ0n) is 10.9. The zero-order valence-corrected chi connectivity index (χ0v) is 11.7. The SMILES string of the molecule is COC(=O)c1cc(NC(=O)CCC(C)N)ccc1Cl. The van der Waals surface area contributed by atoms with Gasteiger partial charge in [-0.25, -0.2) is 4.79 Å².